The number of halogens is 1. The van der Waals surface area contributed by atoms with E-state index in [1.54, 1.807) is 12.1 Å². The second-order valence-corrected chi connectivity index (χ2v) is 4.54. The number of carboxylic acids is 1. The highest BCUT2D eigenvalue weighted by Crippen LogP contribution is 2.16. The van der Waals surface area contributed by atoms with Gasteiger partial charge in [0.2, 0.25) is 5.91 Å². The van der Waals surface area contributed by atoms with E-state index in [2.05, 4.69) is 0 Å². The maximum absolute atomic E-state index is 13.3. The minimum absolute atomic E-state index is 0.0105. The Hall–Kier alpha value is -2.15. The summed E-state index contributed by atoms with van der Waals surface area (Å²) in [4.78, 5) is 24.3. The van der Waals surface area contributed by atoms with Gasteiger partial charge in [0.05, 0.1) is 26.2 Å². The second-order valence-electron chi connectivity index (χ2n) is 4.54. The van der Waals surface area contributed by atoms with Gasteiger partial charge in [-0.25, -0.2) is 9.18 Å². The van der Waals surface area contributed by atoms with Crippen LogP contribution in [0.4, 0.5) is 4.39 Å². The highest BCUT2D eigenvalue weighted by atomic mass is 19.1. The van der Waals surface area contributed by atoms with Gasteiger partial charge < -0.3 is 19.5 Å². The van der Waals surface area contributed by atoms with Crippen molar-refractivity contribution in [2.75, 3.05) is 26.4 Å². The Kier molecular flexibility index (Phi) is 5.10. The Morgan fingerprint density at radius 1 is 1.43 bits per heavy atom. The third kappa shape index (κ3) is 3.91. The number of benzene rings is 1. The van der Waals surface area contributed by atoms with Gasteiger partial charge in [0.1, 0.15) is 0 Å². The average Bonchev–Trinajstić information content (AvgIpc) is 2.49. The van der Waals surface area contributed by atoms with Crippen molar-refractivity contribution < 1.29 is 28.6 Å². The first kappa shape index (κ1) is 15.2. The Labute approximate surface area is 121 Å². The molecule has 0 aromatic heterocycles. The summed E-state index contributed by atoms with van der Waals surface area (Å²) < 4.78 is 23.6. The predicted octanol–water partition coefficient (Wildman–Crippen LogP) is 0.907. The lowest BCUT2D eigenvalue weighted by Crippen LogP contribution is -2.52. The summed E-state index contributed by atoms with van der Waals surface area (Å²) in [6.45, 7) is 0.512. The topological polar surface area (TPSA) is 76.1 Å². The molecule has 0 bridgehead atoms. The van der Waals surface area contributed by atoms with E-state index in [0.717, 1.165) is 0 Å². The molecule has 1 aliphatic heterocycles. The molecular weight excluding hydrogens is 281 g/mol. The van der Waals surface area contributed by atoms with E-state index in [1.807, 2.05) is 0 Å². The molecule has 1 amide bonds. The first-order chi connectivity index (χ1) is 10.1. The van der Waals surface area contributed by atoms with Crippen LogP contribution in [0.1, 0.15) is 6.42 Å². The lowest BCUT2D eigenvalue weighted by molar-refractivity contribution is -0.158. The molecule has 1 heterocycles. The van der Waals surface area contributed by atoms with Crippen LogP contribution in [0.3, 0.4) is 0 Å². The molecule has 1 atom stereocenters. The fraction of sp³-hybridized carbons (Fsp3) is 0.429. The van der Waals surface area contributed by atoms with Gasteiger partial charge in [-0.15, -0.1) is 0 Å². The van der Waals surface area contributed by atoms with E-state index in [9.17, 15) is 14.0 Å². The summed E-state index contributed by atoms with van der Waals surface area (Å²) in [7, 11) is 0. The zero-order valence-corrected chi connectivity index (χ0v) is 11.3. The summed E-state index contributed by atoms with van der Waals surface area (Å²) in [5, 5.41) is 9.04. The van der Waals surface area contributed by atoms with Gasteiger partial charge in [0.25, 0.3) is 0 Å². The molecular formula is C14H16FNO5. The molecule has 21 heavy (non-hydrogen) atoms. The lowest BCUT2D eigenvalue weighted by atomic mass is 10.2. The average molecular weight is 297 g/mol. The zero-order valence-electron chi connectivity index (χ0n) is 11.3. The number of para-hydroxylation sites is 1. The Morgan fingerprint density at radius 3 is 2.90 bits per heavy atom. The van der Waals surface area contributed by atoms with E-state index in [-0.39, 0.29) is 37.8 Å². The first-order valence-corrected chi connectivity index (χ1v) is 6.57. The zero-order chi connectivity index (χ0) is 15.2. The predicted molar refractivity (Wildman–Crippen MR) is 70.5 cm³/mol. The molecule has 0 saturated carbocycles. The maximum atomic E-state index is 13.3. The molecule has 114 valence electrons. The number of carbonyl (C=O) groups excluding carboxylic acids is 1. The van der Waals surface area contributed by atoms with Crippen LogP contribution in [-0.2, 0) is 14.3 Å². The standard InChI is InChI=1S/C14H16FNO5/c15-10-3-1-2-4-12(10)21-7-5-13(17)16-6-8-20-9-11(16)14(18)19/h1-4,11H,5-9H2,(H,18,19)/t11-/m1/s1. The fourth-order valence-electron chi connectivity index (χ4n) is 2.06. The normalized spacial score (nSPS) is 18.3. The smallest absolute Gasteiger partial charge is 0.328 e. The first-order valence-electron chi connectivity index (χ1n) is 6.57. The molecule has 0 unspecified atom stereocenters. The molecule has 1 aromatic carbocycles. The molecule has 0 spiro atoms. The molecule has 1 saturated heterocycles. The molecule has 0 aliphatic carbocycles. The van der Waals surface area contributed by atoms with E-state index in [0.29, 0.717) is 6.61 Å². The number of aliphatic carboxylic acids is 1. The highest BCUT2D eigenvalue weighted by Gasteiger charge is 2.32. The third-order valence-electron chi connectivity index (χ3n) is 3.14. The fourth-order valence-corrected chi connectivity index (χ4v) is 2.06. The molecule has 1 fully saturated rings. The molecule has 1 aromatic rings. The van der Waals surface area contributed by atoms with Crippen molar-refractivity contribution in [1.82, 2.24) is 4.90 Å². The summed E-state index contributed by atoms with van der Waals surface area (Å²) >= 11 is 0. The number of hydrogen-bond donors (Lipinski definition) is 1. The van der Waals surface area contributed by atoms with Crippen LogP contribution in [0, 0.1) is 5.82 Å². The quantitative estimate of drug-likeness (QED) is 0.874. The van der Waals surface area contributed by atoms with Crippen LogP contribution < -0.4 is 4.74 Å². The van der Waals surface area contributed by atoms with Gasteiger partial charge in [-0.2, -0.15) is 0 Å². The SMILES string of the molecule is O=C(O)[C@H]1COCCN1C(=O)CCOc1ccccc1F. The Morgan fingerprint density at radius 2 is 2.19 bits per heavy atom. The van der Waals surface area contributed by atoms with Crippen LogP contribution >= 0.6 is 0 Å². The summed E-state index contributed by atoms with van der Waals surface area (Å²) in [6.07, 6.45) is -0.0158. The largest absolute Gasteiger partial charge is 0.490 e. The Balaban J connectivity index is 1.86. The van der Waals surface area contributed by atoms with Crippen LogP contribution in [0.15, 0.2) is 24.3 Å². The molecule has 7 heteroatoms. The Bertz CT molecular complexity index is 522. The van der Waals surface area contributed by atoms with Gasteiger partial charge in [0.15, 0.2) is 17.6 Å². The lowest BCUT2D eigenvalue weighted by Gasteiger charge is -2.32. The molecule has 2 rings (SSSR count). The number of morpholine rings is 1. The molecule has 0 radical (unpaired) electrons. The number of amides is 1. The summed E-state index contributed by atoms with van der Waals surface area (Å²) in [5.74, 6) is -1.87. The number of rotatable bonds is 5. The van der Waals surface area contributed by atoms with Gasteiger partial charge in [0, 0.05) is 6.54 Å². The molecule has 1 aliphatic rings. The number of nitrogens with zero attached hydrogens (tertiary/aromatic N) is 1. The van der Waals surface area contributed by atoms with Crippen molar-refractivity contribution in [3.05, 3.63) is 30.1 Å². The summed E-state index contributed by atoms with van der Waals surface area (Å²) in [6, 6.07) is 4.93. The highest BCUT2D eigenvalue weighted by molar-refractivity contribution is 5.84. The minimum atomic E-state index is -1.10. The van der Waals surface area contributed by atoms with Crippen LogP contribution in [0.5, 0.6) is 5.75 Å². The van der Waals surface area contributed by atoms with Gasteiger partial charge in [-0.05, 0) is 12.1 Å². The second kappa shape index (κ2) is 7.03. The number of carboxylic acid groups (broad SMARTS) is 1. The van der Waals surface area contributed by atoms with Gasteiger partial charge in [-0.1, -0.05) is 12.1 Å². The van der Waals surface area contributed by atoms with Crippen molar-refractivity contribution in [1.29, 1.82) is 0 Å². The van der Waals surface area contributed by atoms with Crippen molar-refractivity contribution in [3.8, 4) is 5.75 Å². The van der Waals surface area contributed by atoms with Crippen LogP contribution in [0.2, 0.25) is 0 Å². The number of hydrogen-bond acceptors (Lipinski definition) is 4. The third-order valence-corrected chi connectivity index (χ3v) is 3.14. The van der Waals surface area contributed by atoms with E-state index >= 15 is 0 Å². The van der Waals surface area contributed by atoms with E-state index in [4.69, 9.17) is 14.6 Å². The minimum Gasteiger partial charge on any atom is -0.490 e. The van der Waals surface area contributed by atoms with Crippen LogP contribution in [-0.4, -0.2) is 54.3 Å². The molecule has 1 N–H and O–H groups in total. The molecule has 6 nitrogen and oxygen atoms in total. The number of ether oxygens (including phenoxy) is 2. The maximum Gasteiger partial charge on any atom is 0.328 e. The van der Waals surface area contributed by atoms with Crippen LogP contribution in [0.25, 0.3) is 0 Å². The monoisotopic (exact) mass is 297 g/mol. The van der Waals surface area contributed by atoms with Crippen molar-refractivity contribution in [2.45, 2.75) is 12.5 Å². The van der Waals surface area contributed by atoms with E-state index < -0.39 is 17.8 Å². The van der Waals surface area contributed by atoms with E-state index in [1.165, 1.54) is 17.0 Å². The number of carbonyl (C=O) groups is 2. The van der Waals surface area contributed by atoms with Gasteiger partial charge >= 0.3 is 5.97 Å². The van der Waals surface area contributed by atoms with Crippen molar-refractivity contribution >= 4 is 11.9 Å². The van der Waals surface area contributed by atoms with Gasteiger partial charge in [-0.3, -0.25) is 4.79 Å². The summed E-state index contributed by atoms with van der Waals surface area (Å²) in [5.41, 5.74) is 0. The van der Waals surface area contributed by atoms with Crippen molar-refractivity contribution in [3.63, 3.8) is 0 Å². The van der Waals surface area contributed by atoms with Crippen molar-refractivity contribution in [2.24, 2.45) is 0 Å².